The highest BCUT2D eigenvalue weighted by molar-refractivity contribution is 5.81. The van der Waals surface area contributed by atoms with Crippen molar-refractivity contribution in [1.82, 2.24) is 34.9 Å². The van der Waals surface area contributed by atoms with E-state index in [0.717, 1.165) is 35.3 Å². The minimum Gasteiger partial charge on any atom is -0.393 e. The highest BCUT2D eigenvalue weighted by atomic mass is 16.3. The first kappa shape index (κ1) is 16.0. The lowest BCUT2D eigenvalue weighted by atomic mass is 10.2. The van der Waals surface area contributed by atoms with Gasteiger partial charge in [0.1, 0.15) is 5.82 Å². The molecule has 9 heteroatoms. The summed E-state index contributed by atoms with van der Waals surface area (Å²) in [5, 5.41) is 22.3. The number of benzene rings is 1. The Morgan fingerprint density at radius 1 is 1.11 bits per heavy atom. The third-order valence-electron chi connectivity index (χ3n) is 4.86. The number of fused-ring (bicyclic) bond motifs is 2. The maximum absolute atomic E-state index is 9.70. The van der Waals surface area contributed by atoms with Gasteiger partial charge in [0, 0.05) is 17.6 Å². The van der Waals surface area contributed by atoms with Gasteiger partial charge in [-0.2, -0.15) is 9.67 Å². The van der Waals surface area contributed by atoms with Crippen molar-refractivity contribution in [2.45, 2.75) is 38.3 Å². The molecule has 9 nitrogen and oxygen atoms in total. The molecule has 0 spiro atoms. The molecule has 136 valence electrons. The number of aliphatic hydroxyl groups excluding tert-OH is 1. The number of aliphatic hydroxyl groups is 1. The van der Waals surface area contributed by atoms with Crippen LogP contribution in [-0.4, -0.2) is 52.2 Å². The smallest absolute Gasteiger partial charge is 0.225 e. The van der Waals surface area contributed by atoms with Crippen molar-refractivity contribution in [3.63, 3.8) is 0 Å². The van der Waals surface area contributed by atoms with E-state index in [2.05, 4.69) is 35.6 Å². The number of aryl methyl sites for hydroxylation is 1. The molecule has 5 rings (SSSR count). The molecule has 2 atom stereocenters. The Morgan fingerprint density at radius 2 is 2.04 bits per heavy atom. The molecule has 0 amide bonds. The molecule has 0 aliphatic heterocycles. The van der Waals surface area contributed by atoms with Gasteiger partial charge in [0.05, 0.1) is 23.5 Å². The number of anilines is 1. The molecule has 0 bridgehead atoms. The zero-order valence-electron chi connectivity index (χ0n) is 14.7. The molecular weight excluding hydrogens is 344 g/mol. The van der Waals surface area contributed by atoms with Crippen molar-refractivity contribution in [3.05, 3.63) is 36.4 Å². The monoisotopic (exact) mass is 362 g/mol. The number of rotatable bonds is 3. The molecule has 2 N–H and O–H groups in total. The van der Waals surface area contributed by atoms with Crippen LogP contribution >= 0.6 is 0 Å². The lowest BCUT2D eigenvalue weighted by Crippen LogP contribution is -2.18. The lowest BCUT2D eigenvalue weighted by molar-refractivity contribution is 0.182. The van der Waals surface area contributed by atoms with Gasteiger partial charge < -0.3 is 10.4 Å². The summed E-state index contributed by atoms with van der Waals surface area (Å²) in [6, 6.07) is 6.02. The zero-order chi connectivity index (χ0) is 18.4. The van der Waals surface area contributed by atoms with Crippen LogP contribution in [0.25, 0.3) is 27.8 Å². The van der Waals surface area contributed by atoms with E-state index in [-0.39, 0.29) is 12.1 Å². The van der Waals surface area contributed by atoms with Crippen molar-refractivity contribution in [1.29, 1.82) is 0 Å². The third kappa shape index (κ3) is 2.95. The van der Waals surface area contributed by atoms with Crippen LogP contribution in [0.1, 0.15) is 25.1 Å². The van der Waals surface area contributed by atoms with Gasteiger partial charge in [0.25, 0.3) is 0 Å². The predicted molar refractivity (Wildman–Crippen MR) is 99.6 cm³/mol. The fourth-order valence-corrected chi connectivity index (χ4v) is 3.49. The van der Waals surface area contributed by atoms with Crippen molar-refractivity contribution in [3.8, 4) is 5.69 Å². The topological polar surface area (TPSA) is 115 Å². The summed E-state index contributed by atoms with van der Waals surface area (Å²) >= 11 is 0. The molecule has 27 heavy (non-hydrogen) atoms. The molecule has 1 aliphatic rings. The second kappa shape index (κ2) is 6.20. The molecule has 1 fully saturated rings. The van der Waals surface area contributed by atoms with Crippen molar-refractivity contribution in [2.24, 2.45) is 0 Å². The van der Waals surface area contributed by atoms with Gasteiger partial charge in [-0.05, 0) is 44.4 Å². The molecule has 3 aromatic heterocycles. The van der Waals surface area contributed by atoms with Crippen molar-refractivity contribution < 1.29 is 5.11 Å². The molecule has 0 radical (unpaired) electrons. The van der Waals surface area contributed by atoms with Crippen LogP contribution in [0, 0.1) is 6.92 Å². The molecule has 0 saturated heterocycles. The van der Waals surface area contributed by atoms with Gasteiger partial charge in [0.2, 0.25) is 5.95 Å². The predicted octanol–water partition coefficient (Wildman–Crippen LogP) is 1.79. The molecule has 2 unspecified atom stereocenters. The minimum absolute atomic E-state index is 0.183. The average molecular weight is 362 g/mol. The van der Waals surface area contributed by atoms with E-state index in [4.69, 9.17) is 0 Å². The fraction of sp³-hybridized carbons (Fsp3) is 0.333. The van der Waals surface area contributed by atoms with Gasteiger partial charge in [-0.25, -0.2) is 15.0 Å². The quantitative estimate of drug-likeness (QED) is 0.567. The van der Waals surface area contributed by atoms with Crippen LogP contribution in [0.3, 0.4) is 0 Å². The summed E-state index contributed by atoms with van der Waals surface area (Å²) < 4.78 is 1.69. The highest BCUT2D eigenvalue weighted by Gasteiger charge is 2.23. The number of nitrogens with zero attached hydrogens (tertiary/aromatic N) is 7. The van der Waals surface area contributed by atoms with Crippen LogP contribution in [0.15, 0.2) is 30.6 Å². The van der Waals surface area contributed by atoms with E-state index < -0.39 is 0 Å². The number of nitrogens with one attached hydrogen (secondary N) is 1. The Labute approximate surface area is 154 Å². The van der Waals surface area contributed by atoms with E-state index in [9.17, 15) is 5.11 Å². The van der Waals surface area contributed by atoms with Crippen LogP contribution in [-0.2, 0) is 0 Å². The Balaban J connectivity index is 1.53. The fourth-order valence-electron chi connectivity index (χ4n) is 3.49. The number of aromatic nitrogens is 7. The lowest BCUT2D eigenvalue weighted by Gasteiger charge is -2.11. The Bertz CT molecular complexity index is 1140. The second-order valence-corrected chi connectivity index (χ2v) is 6.87. The Hall–Kier alpha value is -3.20. The zero-order valence-corrected chi connectivity index (χ0v) is 14.7. The molecular formula is C18H18N8O. The molecule has 1 aliphatic carbocycles. The van der Waals surface area contributed by atoms with Gasteiger partial charge in [-0.1, -0.05) is 5.21 Å². The first-order valence-corrected chi connectivity index (χ1v) is 8.92. The minimum atomic E-state index is -0.248. The maximum atomic E-state index is 9.70. The molecule has 1 saturated carbocycles. The first-order chi connectivity index (χ1) is 13.2. The Kier molecular flexibility index (Phi) is 3.68. The second-order valence-electron chi connectivity index (χ2n) is 6.87. The van der Waals surface area contributed by atoms with Gasteiger partial charge in [0.15, 0.2) is 11.2 Å². The SMILES string of the molecule is Cc1ncc2cc(-n3nnc4cnc(NC5CCC(O)C5)nc43)ccc2n1. The van der Waals surface area contributed by atoms with Crippen LogP contribution in [0.5, 0.6) is 0 Å². The van der Waals surface area contributed by atoms with Crippen molar-refractivity contribution in [2.75, 3.05) is 5.32 Å². The largest absolute Gasteiger partial charge is 0.393 e. The maximum Gasteiger partial charge on any atom is 0.225 e. The molecule has 1 aromatic carbocycles. The van der Waals surface area contributed by atoms with E-state index >= 15 is 0 Å². The number of hydrogen-bond donors (Lipinski definition) is 2. The standard InChI is InChI=1S/C18H18N8O/c1-10-19-8-11-6-13(3-5-15(11)21-10)26-17-16(24-25-26)9-20-18(23-17)22-12-2-4-14(27)7-12/h3,5-6,8-9,12,14,27H,2,4,7H2,1H3,(H,20,22,23). The summed E-state index contributed by atoms with van der Waals surface area (Å²) in [4.78, 5) is 17.6. The van der Waals surface area contributed by atoms with Crippen LogP contribution in [0.2, 0.25) is 0 Å². The van der Waals surface area contributed by atoms with E-state index in [1.165, 1.54) is 0 Å². The van der Waals surface area contributed by atoms with Crippen molar-refractivity contribution >= 4 is 28.0 Å². The van der Waals surface area contributed by atoms with Crippen LogP contribution in [0.4, 0.5) is 5.95 Å². The first-order valence-electron chi connectivity index (χ1n) is 8.92. The van der Waals surface area contributed by atoms with Gasteiger partial charge in [-0.15, -0.1) is 5.10 Å². The summed E-state index contributed by atoms with van der Waals surface area (Å²) in [7, 11) is 0. The van der Waals surface area contributed by atoms with Gasteiger partial charge >= 0.3 is 0 Å². The van der Waals surface area contributed by atoms with E-state index in [0.29, 0.717) is 23.5 Å². The molecule has 4 aromatic rings. The van der Waals surface area contributed by atoms with Gasteiger partial charge in [-0.3, -0.25) is 0 Å². The Morgan fingerprint density at radius 3 is 2.89 bits per heavy atom. The van der Waals surface area contributed by atoms with E-state index in [1.54, 1.807) is 17.1 Å². The number of hydrogen-bond acceptors (Lipinski definition) is 8. The summed E-state index contributed by atoms with van der Waals surface area (Å²) in [6.45, 7) is 1.87. The molecule has 3 heterocycles. The summed E-state index contributed by atoms with van der Waals surface area (Å²) in [6.07, 6.45) is 5.63. The van der Waals surface area contributed by atoms with E-state index in [1.807, 2.05) is 25.1 Å². The third-order valence-corrected chi connectivity index (χ3v) is 4.86. The summed E-state index contributed by atoms with van der Waals surface area (Å²) in [5.74, 6) is 1.26. The highest BCUT2D eigenvalue weighted by Crippen LogP contribution is 2.23. The average Bonchev–Trinajstić information content (AvgIpc) is 3.27. The summed E-state index contributed by atoms with van der Waals surface area (Å²) in [5.41, 5.74) is 2.96. The normalized spacial score (nSPS) is 19.8. The van der Waals surface area contributed by atoms with Crippen LogP contribution < -0.4 is 5.32 Å².